The second-order valence-electron chi connectivity index (χ2n) is 10.2. The Balaban J connectivity index is 1.86. The molecule has 3 atom stereocenters. The fraction of sp³-hybridized carbons (Fsp3) is 0.741. The average Bonchev–Trinajstić information content (AvgIpc) is 2.86. The molecule has 0 aliphatic carbocycles. The van der Waals surface area contributed by atoms with E-state index in [2.05, 4.69) is 27.7 Å². The van der Waals surface area contributed by atoms with Crippen molar-refractivity contribution >= 4 is 17.7 Å². The highest BCUT2D eigenvalue weighted by atomic mass is 19.4. The number of unbranched alkanes of at least 4 members (excludes halogenated alkanes) is 1. The number of carbonyl (C=O) groups is 2. The van der Waals surface area contributed by atoms with Crippen molar-refractivity contribution < 1.29 is 32.6 Å². The first kappa shape index (κ1) is 31.8. The zero-order valence-electron chi connectivity index (χ0n) is 22.8. The van der Waals surface area contributed by atoms with Crippen LogP contribution < -0.4 is 10.6 Å². The number of hydrogen-bond acceptors (Lipinski definition) is 6. The van der Waals surface area contributed by atoms with Crippen LogP contribution in [0.5, 0.6) is 0 Å². The number of carboxylic acids is 1. The number of rotatable bonds is 17. The maximum absolute atomic E-state index is 12.7. The second kappa shape index (κ2) is 15.9. The number of amides is 1. The topological polar surface area (TPSA) is 104 Å². The summed E-state index contributed by atoms with van der Waals surface area (Å²) in [6, 6.07) is 3.05. The molecule has 0 saturated carbocycles. The van der Waals surface area contributed by atoms with E-state index in [-0.39, 0.29) is 25.4 Å². The predicted octanol–water partition coefficient (Wildman–Crippen LogP) is 4.43. The average molecular weight is 545 g/mol. The molecule has 2 heterocycles. The normalized spacial score (nSPS) is 15.9. The number of methoxy groups -OCH3 is 1. The van der Waals surface area contributed by atoms with E-state index in [1.54, 1.807) is 14.0 Å². The van der Waals surface area contributed by atoms with Crippen molar-refractivity contribution in [3.63, 3.8) is 0 Å². The molecule has 0 fully saturated rings. The van der Waals surface area contributed by atoms with Crippen molar-refractivity contribution in [3.05, 3.63) is 23.4 Å². The van der Waals surface area contributed by atoms with Gasteiger partial charge in [0.05, 0.1) is 6.10 Å². The minimum atomic E-state index is -4.36. The molecular formula is C27H43F3N4O4. The van der Waals surface area contributed by atoms with Gasteiger partial charge in [0.2, 0.25) is 5.91 Å². The fourth-order valence-corrected chi connectivity index (χ4v) is 4.65. The lowest BCUT2D eigenvalue weighted by molar-refractivity contribution is -0.148. The molecule has 1 aromatic heterocycles. The van der Waals surface area contributed by atoms with E-state index < -0.39 is 36.4 Å². The van der Waals surface area contributed by atoms with E-state index in [4.69, 9.17) is 9.72 Å². The van der Waals surface area contributed by atoms with Crippen LogP contribution in [0.1, 0.15) is 70.1 Å². The Morgan fingerprint density at radius 1 is 1.26 bits per heavy atom. The maximum Gasteiger partial charge on any atom is 0.389 e. The second-order valence-corrected chi connectivity index (χ2v) is 10.2. The lowest BCUT2D eigenvalue weighted by Crippen LogP contribution is -2.44. The molecule has 1 aliphatic rings. The van der Waals surface area contributed by atoms with Gasteiger partial charge in [0.25, 0.3) is 0 Å². The monoisotopic (exact) mass is 544 g/mol. The molecule has 1 aromatic rings. The van der Waals surface area contributed by atoms with Gasteiger partial charge in [-0.05, 0) is 69.5 Å². The van der Waals surface area contributed by atoms with E-state index in [1.807, 2.05) is 6.92 Å². The number of ether oxygens (including phenoxy) is 1. The molecule has 1 aliphatic heterocycles. The Labute approximate surface area is 223 Å². The first-order valence-electron chi connectivity index (χ1n) is 13.6. The minimum absolute atomic E-state index is 0.0612. The molecule has 216 valence electrons. The zero-order valence-corrected chi connectivity index (χ0v) is 22.8. The van der Waals surface area contributed by atoms with Gasteiger partial charge in [-0.3, -0.25) is 4.79 Å². The van der Waals surface area contributed by atoms with Crippen LogP contribution in [0.2, 0.25) is 0 Å². The molecule has 3 unspecified atom stereocenters. The summed E-state index contributed by atoms with van der Waals surface area (Å²) in [4.78, 5) is 31.0. The van der Waals surface area contributed by atoms with Crippen molar-refractivity contribution in [2.45, 2.75) is 90.0 Å². The van der Waals surface area contributed by atoms with E-state index in [0.29, 0.717) is 13.1 Å². The van der Waals surface area contributed by atoms with Crippen LogP contribution in [-0.2, 0) is 27.2 Å². The summed E-state index contributed by atoms with van der Waals surface area (Å²) in [6.45, 7) is 6.19. The molecule has 0 radical (unpaired) electrons. The number of aliphatic carboxylic acids is 1. The van der Waals surface area contributed by atoms with Crippen LogP contribution in [0.4, 0.5) is 19.0 Å². The smallest absolute Gasteiger partial charge is 0.389 e. The van der Waals surface area contributed by atoms with Crippen LogP contribution >= 0.6 is 0 Å². The van der Waals surface area contributed by atoms with Crippen LogP contribution in [0, 0.1) is 5.92 Å². The molecule has 0 bridgehead atoms. The number of fused-ring (bicyclic) bond motifs is 1. The number of nitrogens with one attached hydrogen (secondary N) is 2. The molecular weight excluding hydrogens is 501 g/mol. The van der Waals surface area contributed by atoms with Crippen molar-refractivity contribution in [2.75, 3.05) is 38.6 Å². The van der Waals surface area contributed by atoms with Crippen molar-refractivity contribution in [3.8, 4) is 0 Å². The molecule has 1 amide bonds. The molecule has 38 heavy (non-hydrogen) atoms. The van der Waals surface area contributed by atoms with Gasteiger partial charge in [0.1, 0.15) is 11.9 Å². The van der Waals surface area contributed by atoms with Crippen LogP contribution in [0.15, 0.2) is 12.1 Å². The number of aromatic nitrogens is 1. The summed E-state index contributed by atoms with van der Waals surface area (Å²) in [5.74, 6) is -1.76. The third kappa shape index (κ3) is 12.0. The van der Waals surface area contributed by atoms with Gasteiger partial charge in [-0.15, -0.1) is 0 Å². The van der Waals surface area contributed by atoms with Crippen molar-refractivity contribution in [1.29, 1.82) is 0 Å². The largest absolute Gasteiger partial charge is 0.480 e. The number of alkyl halides is 3. The summed E-state index contributed by atoms with van der Waals surface area (Å²) >= 11 is 0. The van der Waals surface area contributed by atoms with Gasteiger partial charge >= 0.3 is 12.1 Å². The number of pyridine rings is 1. The molecule has 0 saturated heterocycles. The first-order valence-corrected chi connectivity index (χ1v) is 13.6. The quantitative estimate of drug-likeness (QED) is 0.249. The van der Waals surface area contributed by atoms with Gasteiger partial charge in [-0.2, -0.15) is 13.2 Å². The van der Waals surface area contributed by atoms with Gasteiger partial charge in [0, 0.05) is 45.3 Å². The van der Waals surface area contributed by atoms with E-state index in [0.717, 1.165) is 56.7 Å². The Hall–Kier alpha value is -2.40. The highest BCUT2D eigenvalue weighted by Gasteiger charge is 2.32. The first-order chi connectivity index (χ1) is 18.0. The molecule has 3 N–H and O–H groups in total. The van der Waals surface area contributed by atoms with E-state index in [9.17, 15) is 27.9 Å². The fourth-order valence-electron chi connectivity index (χ4n) is 4.65. The number of hydrogen-bond donors (Lipinski definition) is 3. The summed E-state index contributed by atoms with van der Waals surface area (Å²) < 4.78 is 43.5. The van der Waals surface area contributed by atoms with Gasteiger partial charge in [-0.1, -0.05) is 19.4 Å². The highest BCUT2D eigenvalue weighted by Crippen LogP contribution is 2.28. The SMILES string of the molecule is CCC(CC(=O)NC(CCN(CCCCc1ccc2c(n1)NCCC2)CC(C)OC)C(=O)O)CC(F)(F)F. The molecule has 0 aromatic carbocycles. The van der Waals surface area contributed by atoms with E-state index in [1.165, 1.54) is 5.56 Å². The number of carbonyl (C=O) groups excluding carboxylic acids is 1. The number of halogens is 3. The van der Waals surface area contributed by atoms with Crippen molar-refractivity contribution in [2.24, 2.45) is 5.92 Å². The summed E-state index contributed by atoms with van der Waals surface area (Å²) in [6.07, 6.45) is -0.704. The number of anilines is 1. The number of aryl methyl sites for hydroxylation is 2. The third-order valence-corrected chi connectivity index (χ3v) is 6.97. The molecule has 8 nitrogen and oxygen atoms in total. The Morgan fingerprint density at radius 3 is 2.68 bits per heavy atom. The zero-order chi connectivity index (χ0) is 28.1. The van der Waals surface area contributed by atoms with Crippen molar-refractivity contribution in [1.82, 2.24) is 15.2 Å². The summed E-state index contributed by atoms with van der Waals surface area (Å²) in [5, 5.41) is 15.4. The standard InChI is InChI=1S/C27H43F3N4O4/c1-4-20(17-27(28,29)30)16-24(35)33-23(26(36)37)12-15-34(18-19(2)38-3)14-6-5-9-22-11-10-21-8-7-13-31-25(21)32-22/h10-11,19-20,23H,4-9,12-18H2,1-3H3,(H,31,32)(H,33,35)(H,36,37). The molecule has 11 heteroatoms. The maximum atomic E-state index is 12.7. The summed E-state index contributed by atoms with van der Waals surface area (Å²) in [7, 11) is 1.62. The number of nitrogens with zero attached hydrogens (tertiary/aromatic N) is 2. The van der Waals surface area contributed by atoms with Gasteiger partial charge in [-0.25, -0.2) is 9.78 Å². The van der Waals surface area contributed by atoms with Crippen LogP contribution in [0.25, 0.3) is 0 Å². The predicted molar refractivity (Wildman–Crippen MR) is 140 cm³/mol. The third-order valence-electron chi connectivity index (χ3n) is 6.97. The lowest BCUT2D eigenvalue weighted by atomic mass is 9.97. The number of carboxylic acid groups (broad SMARTS) is 1. The van der Waals surface area contributed by atoms with Crippen LogP contribution in [0.3, 0.4) is 0 Å². The van der Waals surface area contributed by atoms with E-state index >= 15 is 0 Å². The Morgan fingerprint density at radius 2 is 2.03 bits per heavy atom. The minimum Gasteiger partial charge on any atom is -0.480 e. The lowest BCUT2D eigenvalue weighted by Gasteiger charge is -2.27. The highest BCUT2D eigenvalue weighted by molar-refractivity contribution is 5.83. The van der Waals surface area contributed by atoms with Gasteiger partial charge in [0.15, 0.2) is 0 Å². The van der Waals surface area contributed by atoms with Gasteiger partial charge < -0.3 is 25.4 Å². The summed E-state index contributed by atoms with van der Waals surface area (Å²) in [5.41, 5.74) is 2.30. The molecule has 0 spiro atoms. The molecule has 2 rings (SSSR count). The van der Waals surface area contributed by atoms with Crippen LogP contribution in [-0.4, -0.2) is 78.5 Å². The Kier molecular flexibility index (Phi) is 13.3. The Bertz CT molecular complexity index is 884.